The molecule has 6 nitrogen and oxygen atoms in total. The minimum atomic E-state index is -0.684. The maximum Gasteiger partial charge on any atom is 0.338 e. The molecule has 0 aliphatic carbocycles. The van der Waals surface area contributed by atoms with Crippen LogP contribution in [0.1, 0.15) is 23.2 Å². The van der Waals surface area contributed by atoms with Crippen molar-refractivity contribution in [2.75, 3.05) is 23.4 Å². The maximum atomic E-state index is 13.1. The molecular weight excluding hydrogens is 375 g/mol. The van der Waals surface area contributed by atoms with E-state index in [1.807, 2.05) is 0 Å². The van der Waals surface area contributed by atoms with E-state index in [1.54, 1.807) is 29.2 Å². The maximum absolute atomic E-state index is 13.1. The summed E-state index contributed by atoms with van der Waals surface area (Å²) in [5.41, 5.74) is 1.15. The average Bonchev–Trinajstić information content (AvgIpc) is 3.09. The van der Waals surface area contributed by atoms with Crippen LogP contribution in [0.3, 0.4) is 0 Å². The zero-order valence-electron chi connectivity index (χ0n) is 14.2. The Labute approximate surface area is 159 Å². The van der Waals surface area contributed by atoms with Crippen molar-refractivity contribution in [1.82, 2.24) is 0 Å². The van der Waals surface area contributed by atoms with Crippen molar-refractivity contribution < 1.29 is 23.5 Å². The lowest BCUT2D eigenvalue weighted by molar-refractivity contribution is -0.119. The Kier molecular flexibility index (Phi) is 5.71. The van der Waals surface area contributed by atoms with Gasteiger partial charge in [-0.25, -0.2) is 9.18 Å². The Morgan fingerprint density at radius 1 is 1.22 bits per heavy atom. The molecule has 0 spiro atoms. The number of hydrogen-bond donors (Lipinski definition) is 1. The van der Waals surface area contributed by atoms with Crippen LogP contribution in [-0.4, -0.2) is 30.9 Å². The molecule has 0 atom stereocenters. The summed E-state index contributed by atoms with van der Waals surface area (Å²) in [6.07, 6.45) is 1.27. The number of halogens is 2. The molecule has 2 amide bonds. The van der Waals surface area contributed by atoms with Crippen molar-refractivity contribution in [3.05, 3.63) is 58.9 Å². The van der Waals surface area contributed by atoms with E-state index in [-0.39, 0.29) is 22.2 Å². The highest BCUT2D eigenvalue weighted by atomic mass is 35.5. The topological polar surface area (TPSA) is 75.7 Å². The van der Waals surface area contributed by atoms with Crippen LogP contribution in [0.25, 0.3) is 0 Å². The molecule has 0 radical (unpaired) electrons. The second-order valence-corrected chi connectivity index (χ2v) is 6.36. The van der Waals surface area contributed by atoms with Crippen LogP contribution in [0, 0.1) is 5.82 Å². The lowest BCUT2D eigenvalue weighted by atomic mass is 10.2. The van der Waals surface area contributed by atoms with Gasteiger partial charge in [0.1, 0.15) is 5.82 Å². The third-order valence-corrected chi connectivity index (χ3v) is 4.29. The predicted octanol–water partition coefficient (Wildman–Crippen LogP) is 3.40. The molecule has 140 valence electrons. The number of amides is 2. The van der Waals surface area contributed by atoms with Crippen LogP contribution in [-0.2, 0) is 14.3 Å². The van der Waals surface area contributed by atoms with E-state index >= 15 is 0 Å². The summed E-state index contributed by atoms with van der Waals surface area (Å²) in [5, 5.41) is 2.33. The van der Waals surface area contributed by atoms with Gasteiger partial charge in [0.2, 0.25) is 5.91 Å². The minimum absolute atomic E-state index is 0.0119. The van der Waals surface area contributed by atoms with Crippen molar-refractivity contribution in [3.63, 3.8) is 0 Å². The summed E-state index contributed by atoms with van der Waals surface area (Å²) in [7, 11) is 0. The van der Waals surface area contributed by atoms with Gasteiger partial charge in [-0.2, -0.15) is 0 Å². The fraction of sp³-hybridized carbons (Fsp3) is 0.211. The van der Waals surface area contributed by atoms with Crippen LogP contribution in [0.2, 0.25) is 5.02 Å². The van der Waals surface area contributed by atoms with Gasteiger partial charge in [0.05, 0.1) is 10.6 Å². The molecule has 1 fully saturated rings. The van der Waals surface area contributed by atoms with Gasteiger partial charge in [0.25, 0.3) is 5.91 Å². The van der Waals surface area contributed by atoms with Crippen LogP contribution in [0.4, 0.5) is 15.8 Å². The second-order valence-electron chi connectivity index (χ2n) is 5.95. The number of ether oxygens (including phenoxy) is 1. The number of hydrogen-bond acceptors (Lipinski definition) is 4. The van der Waals surface area contributed by atoms with E-state index in [1.165, 1.54) is 12.1 Å². The number of anilines is 2. The molecule has 2 aromatic carbocycles. The summed E-state index contributed by atoms with van der Waals surface area (Å²) in [5.74, 6) is -1.86. The zero-order valence-corrected chi connectivity index (χ0v) is 15.0. The van der Waals surface area contributed by atoms with E-state index in [2.05, 4.69) is 5.32 Å². The number of nitrogens with one attached hydrogen (secondary N) is 1. The van der Waals surface area contributed by atoms with Crippen LogP contribution >= 0.6 is 11.6 Å². The predicted molar refractivity (Wildman–Crippen MR) is 98.4 cm³/mol. The normalized spacial score (nSPS) is 13.6. The monoisotopic (exact) mass is 390 g/mol. The quantitative estimate of drug-likeness (QED) is 0.794. The van der Waals surface area contributed by atoms with Gasteiger partial charge >= 0.3 is 5.97 Å². The molecule has 0 aromatic heterocycles. The Morgan fingerprint density at radius 3 is 2.74 bits per heavy atom. The summed E-state index contributed by atoms with van der Waals surface area (Å²) >= 11 is 5.64. The summed E-state index contributed by atoms with van der Waals surface area (Å²) < 4.78 is 18.1. The molecule has 0 unspecified atom stereocenters. The Bertz CT molecular complexity index is 903. The van der Waals surface area contributed by atoms with E-state index in [0.29, 0.717) is 18.7 Å². The zero-order chi connectivity index (χ0) is 19.4. The molecule has 3 rings (SSSR count). The van der Waals surface area contributed by atoms with Crippen LogP contribution < -0.4 is 10.2 Å². The van der Waals surface area contributed by atoms with E-state index in [4.69, 9.17) is 16.3 Å². The molecule has 0 bridgehead atoms. The molecule has 0 saturated carbocycles. The number of nitrogens with zero attached hydrogens (tertiary/aromatic N) is 1. The SMILES string of the molecule is O=C(COC(=O)c1cccc(N2CCCC2=O)c1)Nc1ccc(F)c(Cl)c1. The van der Waals surface area contributed by atoms with Gasteiger partial charge in [-0.15, -0.1) is 0 Å². The number of esters is 1. The largest absolute Gasteiger partial charge is 0.452 e. The van der Waals surface area contributed by atoms with E-state index < -0.39 is 24.3 Å². The van der Waals surface area contributed by atoms with Gasteiger partial charge in [-0.3, -0.25) is 9.59 Å². The summed E-state index contributed by atoms with van der Waals surface area (Å²) in [4.78, 5) is 37.5. The third kappa shape index (κ3) is 4.62. The first-order valence-corrected chi connectivity index (χ1v) is 8.64. The number of benzene rings is 2. The second kappa shape index (κ2) is 8.18. The van der Waals surface area contributed by atoms with Crippen molar-refractivity contribution in [1.29, 1.82) is 0 Å². The van der Waals surface area contributed by atoms with Crippen LogP contribution in [0.5, 0.6) is 0 Å². The molecule has 1 N–H and O–H groups in total. The minimum Gasteiger partial charge on any atom is -0.452 e. The average molecular weight is 391 g/mol. The lowest BCUT2D eigenvalue weighted by Crippen LogP contribution is -2.24. The fourth-order valence-corrected chi connectivity index (χ4v) is 2.89. The first kappa shape index (κ1) is 18.8. The lowest BCUT2D eigenvalue weighted by Gasteiger charge is -2.16. The van der Waals surface area contributed by atoms with Gasteiger partial charge in [0.15, 0.2) is 6.61 Å². The number of carbonyl (C=O) groups excluding carboxylic acids is 3. The molecule has 1 heterocycles. The van der Waals surface area contributed by atoms with Crippen molar-refractivity contribution in [2.45, 2.75) is 12.8 Å². The van der Waals surface area contributed by atoms with Crippen LogP contribution in [0.15, 0.2) is 42.5 Å². The van der Waals surface area contributed by atoms with E-state index in [0.717, 1.165) is 12.5 Å². The Hall–Kier alpha value is -2.93. The van der Waals surface area contributed by atoms with E-state index in [9.17, 15) is 18.8 Å². The summed E-state index contributed by atoms with van der Waals surface area (Å²) in [6, 6.07) is 10.2. The van der Waals surface area contributed by atoms with Gasteiger partial charge in [-0.05, 0) is 42.8 Å². The van der Waals surface area contributed by atoms with Crippen molar-refractivity contribution >= 4 is 40.8 Å². The molecule has 1 saturated heterocycles. The summed E-state index contributed by atoms with van der Waals surface area (Å²) in [6.45, 7) is 0.0979. The van der Waals surface area contributed by atoms with Gasteiger partial charge in [-0.1, -0.05) is 17.7 Å². The molecule has 1 aliphatic rings. The van der Waals surface area contributed by atoms with Gasteiger partial charge < -0.3 is 15.0 Å². The number of carbonyl (C=O) groups is 3. The van der Waals surface area contributed by atoms with Gasteiger partial charge in [0, 0.05) is 24.3 Å². The Morgan fingerprint density at radius 2 is 2.04 bits per heavy atom. The first-order chi connectivity index (χ1) is 12.9. The molecule has 2 aromatic rings. The highest BCUT2D eigenvalue weighted by molar-refractivity contribution is 6.31. The molecule has 1 aliphatic heterocycles. The molecule has 8 heteroatoms. The standard InChI is InChI=1S/C19H16ClFN2O4/c20-15-10-13(6-7-16(15)21)22-17(24)11-27-19(26)12-3-1-4-14(9-12)23-8-2-5-18(23)25/h1,3-4,6-7,9-10H,2,5,8,11H2,(H,22,24). The highest BCUT2D eigenvalue weighted by Crippen LogP contribution is 2.23. The number of rotatable bonds is 5. The highest BCUT2D eigenvalue weighted by Gasteiger charge is 2.22. The molecule has 27 heavy (non-hydrogen) atoms. The first-order valence-electron chi connectivity index (χ1n) is 8.26. The smallest absolute Gasteiger partial charge is 0.338 e. The third-order valence-electron chi connectivity index (χ3n) is 4.00. The van der Waals surface area contributed by atoms with Crippen molar-refractivity contribution in [2.24, 2.45) is 0 Å². The molecular formula is C19H16ClFN2O4. The Balaban J connectivity index is 1.58. The fourth-order valence-electron chi connectivity index (χ4n) is 2.71. The van der Waals surface area contributed by atoms with Crippen molar-refractivity contribution in [3.8, 4) is 0 Å².